The summed E-state index contributed by atoms with van der Waals surface area (Å²) in [6.07, 6.45) is 5.51. The number of nitrogens with zero attached hydrogens (tertiary/aromatic N) is 8. The number of halogens is 1. The zero-order valence-electron chi connectivity index (χ0n) is 55.0. The Bertz CT molecular complexity index is 4250. The number of ether oxygens (including phenoxy) is 5. The molecule has 0 saturated carbocycles. The number of piperazine rings is 1. The van der Waals surface area contributed by atoms with Gasteiger partial charge in [0.05, 0.1) is 76.8 Å². The van der Waals surface area contributed by atoms with Gasteiger partial charge in [0.25, 0.3) is 0 Å². The number of carbonyl (C=O) groups is 1. The van der Waals surface area contributed by atoms with Crippen LogP contribution in [0.4, 0.5) is 22.1 Å². The third-order valence-corrected chi connectivity index (χ3v) is 17.3. The summed E-state index contributed by atoms with van der Waals surface area (Å²) in [6.45, 7) is 18.8. The van der Waals surface area contributed by atoms with Crippen LogP contribution in [-0.2, 0) is 57.0 Å². The highest BCUT2D eigenvalue weighted by molar-refractivity contribution is 9.10. The molecule has 0 radical (unpaired) electrons. The van der Waals surface area contributed by atoms with Crippen LogP contribution in [0.25, 0.3) is 43.9 Å². The lowest BCUT2D eigenvalue weighted by atomic mass is 10.1. The number of amides is 1. The van der Waals surface area contributed by atoms with E-state index < -0.39 is 5.60 Å². The first-order valence-electron chi connectivity index (χ1n) is 31.8. The Hall–Kier alpha value is -8.65. The number of aliphatic hydroxyl groups excluding tert-OH is 2. The van der Waals surface area contributed by atoms with Crippen LogP contribution < -0.4 is 34.5 Å². The van der Waals surface area contributed by atoms with Crippen molar-refractivity contribution in [2.45, 2.75) is 139 Å². The zero-order chi connectivity index (χ0) is 65.2. The first-order chi connectivity index (χ1) is 44.5. The number of methoxy groups -OCH3 is 4. The van der Waals surface area contributed by atoms with Crippen molar-refractivity contribution < 1.29 is 38.7 Å². The van der Waals surface area contributed by atoms with Gasteiger partial charge in [0.1, 0.15) is 51.3 Å². The third kappa shape index (κ3) is 15.9. The van der Waals surface area contributed by atoms with Gasteiger partial charge < -0.3 is 63.5 Å². The van der Waals surface area contributed by atoms with E-state index in [1.165, 1.54) is 0 Å². The molecule has 11 rings (SSSR count). The topological polar surface area (TPSA) is 196 Å². The van der Waals surface area contributed by atoms with Crippen molar-refractivity contribution in [1.29, 1.82) is 0 Å². The molecule has 1 aliphatic heterocycles. The number of unbranched alkanes of at least 4 members (excludes halogenated alkanes) is 2. The lowest BCUT2D eigenvalue weighted by molar-refractivity contribution is 0.0240. The van der Waals surface area contributed by atoms with Crippen LogP contribution in [-0.4, -0.2) is 110 Å². The number of hydrogen-bond donors (Lipinski definition) is 4. The van der Waals surface area contributed by atoms with E-state index in [-0.39, 0.29) is 26.7 Å². The normalized spacial score (nSPS) is 12.5. The van der Waals surface area contributed by atoms with Gasteiger partial charge in [0.15, 0.2) is 11.6 Å². The molecule has 1 saturated heterocycles. The van der Waals surface area contributed by atoms with E-state index in [1.807, 2.05) is 81.4 Å². The van der Waals surface area contributed by atoms with E-state index in [9.17, 15) is 15.0 Å². The highest BCUT2D eigenvalue weighted by Crippen LogP contribution is 2.38. The number of imidazole rings is 2. The number of hydrogen-bond acceptors (Lipinski definition) is 15. The number of aromatic nitrogens is 6. The van der Waals surface area contributed by atoms with Crippen molar-refractivity contribution in [2.75, 3.05) is 70.2 Å². The summed E-state index contributed by atoms with van der Waals surface area (Å²) in [4.78, 5) is 37.6. The van der Waals surface area contributed by atoms with E-state index in [0.717, 1.165) is 178 Å². The number of pyridine rings is 2. The van der Waals surface area contributed by atoms with Gasteiger partial charge in [0.2, 0.25) is 0 Å². The first-order valence-corrected chi connectivity index (χ1v) is 32.6. The van der Waals surface area contributed by atoms with Crippen molar-refractivity contribution >= 4 is 83.2 Å². The number of aryl methyl sites for hydroxylation is 4. The first kappa shape index (κ1) is 68.7. The van der Waals surface area contributed by atoms with Crippen LogP contribution >= 0.6 is 15.9 Å². The standard InChI is InChI=1S/C41H52N6O5.C32H35BrN4O3.CH4/c1-8-9-10-36-44-37-38(47(36)25-30-14-12-28(26-48)22-35(30)51-7)32-23-31(45-17-19-46(20-18-45)40(49)52-41(3,4)5)15-16-33(32)43-39(37)42-24-29-13-11-27(2)21-34(29)50-6;1-5-6-7-29-36-30-31(37(29)18-23-11-9-21(19-38)15-28(23)40-4)25-16-24(33)12-13-26(25)35-32(30)34-17-22-10-8-20(2)14-27(22)39-3;/h11-16,21-23,48H,8-10,17-20,24-26H2,1-7H3,(H,42,43);8-16,38H,5-7,17-19H2,1-4H3,(H,34,35);1H4. The Morgan fingerprint density at radius 2 is 1.00 bits per heavy atom. The summed E-state index contributed by atoms with van der Waals surface area (Å²) in [5, 5.41) is 28.7. The minimum atomic E-state index is -0.533. The second-order valence-electron chi connectivity index (χ2n) is 24.5. The average molecular weight is 1330 g/mol. The molecule has 6 aromatic carbocycles. The molecule has 10 aromatic rings. The van der Waals surface area contributed by atoms with Crippen molar-refractivity contribution in [3.05, 3.63) is 170 Å². The molecular weight excluding hydrogens is 1240 g/mol. The summed E-state index contributed by atoms with van der Waals surface area (Å²) in [6, 6.07) is 36.8. The number of rotatable bonds is 23. The van der Waals surface area contributed by atoms with E-state index >= 15 is 0 Å². The summed E-state index contributed by atoms with van der Waals surface area (Å²) < 4.78 is 34.2. The molecule has 0 atom stereocenters. The van der Waals surface area contributed by atoms with E-state index in [2.05, 4.69) is 117 Å². The van der Waals surface area contributed by atoms with Crippen molar-refractivity contribution in [1.82, 2.24) is 34.0 Å². The second-order valence-corrected chi connectivity index (χ2v) is 25.4. The molecule has 1 fully saturated rings. The number of aliphatic hydroxyl groups is 2. The molecule has 4 N–H and O–H groups in total. The fourth-order valence-corrected chi connectivity index (χ4v) is 12.2. The molecule has 0 aliphatic carbocycles. The fraction of sp³-hybridized carbons (Fsp3) is 0.392. The number of nitrogens with one attached hydrogen (secondary N) is 2. The van der Waals surface area contributed by atoms with E-state index in [1.54, 1.807) is 33.3 Å². The van der Waals surface area contributed by atoms with Gasteiger partial charge in [-0.25, -0.2) is 24.7 Å². The smallest absolute Gasteiger partial charge is 0.410 e. The Morgan fingerprint density at radius 1 is 0.559 bits per heavy atom. The molecule has 4 aromatic heterocycles. The van der Waals surface area contributed by atoms with Crippen LogP contribution in [0.3, 0.4) is 0 Å². The van der Waals surface area contributed by atoms with Gasteiger partial charge >= 0.3 is 6.09 Å². The summed E-state index contributed by atoms with van der Waals surface area (Å²) >= 11 is 3.67. The van der Waals surface area contributed by atoms with Gasteiger partial charge in [0, 0.05) is 95.3 Å². The Morgan fingerprint density at radius 3 is 1.44 bits per heavy atom. The SMILES string of the molecule is C.CCCCc1nc2c(NCc3ccc(C)cc3OC)nc3ccc(Br)cc3c2n1Cc1ccc(CO)cc1OC.CCCCc1nc2c(NCc3ccc(C)cc3OC)nc3ccc(N4CCN(C(=O)OC(C)(C)C)CC4)cc3c2n1Cc1ccc(CO)cc1OC. The maximum atomic E-state index is 12.8. The van der Waals surface area contributed by atoms with Crippen LogP contribution in [0.1, 0.15) is 124 Å². The molecular formula is C74H91BrN10O8. The van der Waals surface area contributed by atoms with Gasteiger partial charge in [-0.3, -0.25) is 0 Å². The predicted octanol–water partition coefficient (Wildman–Crippen LogP) is 15.3. The lowest BCUT2D eigenvalue weighted by Crippen LogP contribution is -2.50. The van der Waals surface area contributed by atoms with Crippen LogP contribution in [0, 0.1) is 13.8 Å². The Labute approximate surface area is 555 Å². The number of carbonyl (C=O) groups excluding carboxylic acids is 1. The monoisotopic (exact) mass is 1330 g/mol. The maximum Gasteiger partial charge on any atom is 0.410 e. The van der Waals surface area contributed by atoms with Gasteiger partial charge in [-0.1, -0.05) is 98.6 Å². The summed E-state index contributed by atoms with van der Waals surface area (Å²) in [5.41, 5.74) is 14.0. The highest BCUT2D eigenvalue weighted by Gasteiger charge is 2.28. The highest BCUT2D eigenvalue weighted by atomic mass is 79.9. The summed E-state index contributed by atoms with van der Waals surface area (Å²) in [5.74, 6) is 6.59. The van der Waals surface area contributed by atoms with Gasteiger partial charge in [-0.05, 0) is 130 Å². The maximum absolute atomic E-state index is 12.8. The summed E-state index contributed by atoms with van der Waals surface area (Å²) in [7, 11) is 6.73. The van der Waals surface area contributed by atoms with Crippen molar-refractivity contribution in [2.24, 2.45) is 0 Å². The fourth-order valence-electron chi connectivity index (χ4n) is 11.9. The molecule has 492 valence electrons. The number of fused-ring (bicyclic) bond motifs is 6. The van der Waals surface area contributed by atoms with Crippen LogP contribution in [0.5, 0.6) is 23.0 Å². The van der Waals surface area contributed by atoms with E-state index in [0.29, 0.717) is 58.2 Å². The Balaban J connectivity index is 0.000000224. The number of benzene rings is 6. The van der Waals surface area contributed by atoms with Crippen LogP contribution in [0.15, 0.2) is 114 Å². The molecule has 0 unspecified atom stereocenters. The largest absolute Gasteiger partial charge is 0.496 e. The molecule has 93 heavy (non-hydrogen) atoms. The Kier molecular flexibility index (Phi) is 22.8. The molecule has 19 heteroatoms. The minimum absolute atomic E-state index is 0. The lowest BCUT2D eigenvalue weighted by Gasteiger charge is -2.36. The average Bonchev–Trinajstić information content (AvgIpc) is 1.65. The molecule has 1 aliphatic rings. The van der Waals surface area contributed by atoms with Crippen molar-refractivity contribution in [3.8, 4) is 23.0 Å². The van der Waals surface area contributed by atoms with Crippen molar-refractivity contribution in [3.63, 3.8) is 0 Å². The minimum Gasteiger partial charge on any atom is -0.496 e. The number of anilines is 3. The van der Waals surface area contributed by atoms with Crippen LogP contribution in [0.2, 0.25) is 0 Å². The van der Waals surface area contributed by atoms with Gasteiger partial charge in [-0.15, -0.1) is 0 Å². The molecule has 0 bridgehead atoms. The second kappa shape index (κ2) is 30.9. The third-order valence-electron chi connectivity index (χ3n) is 16.8. The molecule has 5 heterocycles. The molecule has 18 nitrogen and oxygen atoms in total. The van der Waals surface area contributed by atoms with Gasteiger partial charge in [-0.2, -0.15) is 0 Å². The molecule has 1 amide bonds. The van der Waals surface area contributed by atoms with E-state index in [4.69, 9.17) is 43.6 Å². The molecule has 0 spiro atoms. The quantitative estimate of drug-likeness (QED) is 0.0472. The zero-order valence-corrected chi connectivity index (χ0v) is 56.6. The predicted molar refractivity (Wildman–Crippen MR) is 378 cm³/mol.